The molecule has 0 amide bonds. The van der Waals surface area contributed by atoms with Gasteiger partial charge in [-0.3, -0.25) is 0 Å². The maximum Gasteiger partial charge on any atom is 2.00 e. The Labute approximate surface area is 134 Å². The van der Waals surface area contributed by atoms with E-state index in [-0.39, 0.29) is 65.7 Å². The Kier molecular flexibility index (Phi) is 45.3. The molecule has 0 saturated carbocycles. The average Bonchev–Trinajstić information content (AvgIpc) is 2.06. The average molecular weight is 269 g/mol. The predicted molar refractivity (Wildman–Crippen MR) is 56.4 cm³/mol. The molecular formula is C9H16Mg2O6. The molecule has 0 atom stereocenters. The van der Waals surface area contributed by atoms with Crippen LogP contribution in [0.5, 0.6) is 0 Å². The number of aliphatic carboxylic acids is 2. The van der Waals surface area contributed by atoms with E-state index in [1.54, 1.807) is 13.8 Å². The largest absolute Gasteiger partial charge is 2.00 e. The first-order valence-electron chi connectivity index (χ1n) is 4.50. The van der Waals surface area contributed by atoms with Crippen LogP contribution in [0.15, 0.2) is 0 Å². The summed E-state index contributed by atoms with van der Waals surface area (Å²) < 4.78 is 0. The fourth-order valence-corrected chi connectivity index (χ4v) is 0.430. The monoisotopic (exact) mass is 268 g/mol. The molecule has 0 unspecified atom stereocenters. The van der Waals surface area contributed by atoms with E-state index in [0.29, 0.717) is 0 Å². The van der Waals surface area contributed by atoms with Gasteiger partial charge in [0, 0.05) is 5.92 Å². The maximum atomic E-state index is 9.84. The van der Waals surface area contributed by atoms with E-state index in [1.807, 2.05) is 0 Å². The van der Waals surface area contributed by atoms with E-state index in [9.17, 15) is 19.8 Å². The Balaban J connectivity index is -0.0000000514. The van der Waals surface area contributed by atoms with Crippen molar-refractivity contribution in [3.8, 4) is 0 Å². The van der Waals surface area contributed by atoms with Crippen LogP contribution in [0.3, 0.4) is 0 Å². The van der Waals surface area contributed by atoms with Crippen LogP contribution in [0, 0.1) is 5.92 Å². The van der Waals surface area contributed by atoms with Crippen LogP contribution in [0.2, 0.25) is 0 Å². The molecule has 0 aromatic heterocycles. The van der Waals surface area contributed by atoms with Crippen LogP contribution in [0.1, 0.15) is 27.2 Å². The summed E-state index contributed by atoms with van der Waals surface area (Å²) in [5.41, 5.74) is 0. The smallest absolute Gasteiger partial charge is 0.855 e. The first kappa shape index (κ1) is 30.4. The third-order valence-electron chi connectivity index (χ3n) is 0.977. The van der Waals surface area contributed by atoms with Gasteiger partial charge < -0.3 is 30.0 Å². The first-order valence-corrected chi connectivity index (χ1v) is 4.50. The van der Waals surface area contributed by atoms with Crippen molar-refractivity contribution in [1.82, 2.24) is 0 Å². The summed E-state index contributed by atoms with van der Waals surface area (Å²) in [6.45, 7) is 4.58. The fraction of sp³-hybridized carbons (Fsp3) is 0.778. The van der Waals surface area contributed by atoms with Gasteiger partial charge in [-0.2, -0.15) is 0 Å². The molecule has 0 N–H and O–H groups in total. The summed E-state index contributed by atoms with van der Waals surface area (Å²) in [5, 5.41) is 37.5. The van der Waals surface area contributed by atoms with Crippen molar-refractivity contribution in [1.29, 1.82) is 0 Å². The molecule has 92 valence electrons. The quantitative estimate of drug-likeness (QED) is 0.375. The summed E-state index contributed by atoms with van der Waals surface area (Å²) in [5.74, 6) is -4.64. The van der Waals surface area contributed by atoms with Crippen molar-refractivity contribution in [2.45, 2.75) is 27.2 Å². The molecule has 0 rings (SSSR count). The minimum Gasteiger partial charge on any atom is -0.855 e. The van der Waals surface area contributed by atoms with Gasteiger partial charge in [0.2, 0.25) is 0 Å². The van der Waals surface area contributed by atoms with Crippen molar-refractivity contribution >= 4 is 58.0 Å². The number of carbonyl (C=O) groups excluding carboxylic acids is 2. The van der Waals surface area contributed by atoms with Gasteiger partial charge in [0.05, 0.1) is 11.9 Å². The summed E-state index contributed by atoms with van der Waals surface area (Å²) in [6.07, 6.45) is 0.00463. The van der Waals surface area contributed by atoms with Crippen LogP contribution in [0.4, 0.5) is 0 Å². The van der Waals surface area contributed by atoms with Crippen LogP contribution in [-0.2, 0) is 9.59 Å². The van der Waals surface area contributed by atoms with E-state index in [4.69, 9.17) is 10.2 Å². The molecule has 0 aliphatic carbocycles. The van der Waals surface area contributed by atoms with E-state index >= 15 is 0 Å². The number of hydrogen-bond donors (Lipinski definition) is 0. The molecule has 0 bridgehead atoms. The Morgan fingerprint density at radius 2 is 1.06 bits per heavy atom. The summed E-state index contributed by atoms with van der Waals surface area (Å²) in [7, 11) is 0. The molecular weight excluding hydrogens is 253 g/mol. The molecule has 0 aromatic rings. The number of rotatable bonds is 3. The molecule has 0 fully saturated rings. The Bertz CT molecular complexity index is 150. The Morgan fingerprint density at radius 1 is 0.882 bits per heavy atom. The third-order valence-corrected chi connectivity index (χ3v) is 0.977. The van der Waals surface area contributed by atoms with Gasteiger partial charge in [-0.1, -0.05) is 20.8 Å². The minimum absolute atomic E-state index is 0. The zero-order chi connectivity index (χ0) is 12.9. The molecule has 17 heavy (non-hydrogen) atoms. The molecule has 8 heteroatoms. The van der Waals surface area contributed by atoms with Gasteiger partial charge in [0.1, 0.15) is 0 Å². The second kappa shape index (κ2) is 25.3. The van der Waals surface area contributed by atoms with E-state index in [2.05, 4.69) is 0 Å². The first-order chi connectivity index (χ1) is 6.92. The number of hydrogen-bond acceptors (Lipinski definition) is 6. The van der Waals surface area contributed by atoms with Crippen LogP contribution in [0.25, 0.3) is 0 Å². The minimum atomic E-state index is -1.59. The van der Waals surface area contributed by atoms with Crippen molar-refractivity contribution in [3.05, 3.63) is 0 Å². The van der Waals surface area contributed by atoms with E-state index < -0.39 is 17.9 Å². The van der Waals surface area contributed by atoms with Crippen molar-refractivity contribution in [3.63, 3.8) is 0 Å². The number of carboxylic acids is 2. The van der Waals surface area contributed by atoms with Crippen LogP contribution >= 0.6 is 0 Å². The molecule has 0 heterocycles. The number of carboxylic acid groups (broad SMARTS) is 2. The van der Waals surface area contributed by atoms with Gasteiger partial charge >= 0.3 is 46.1 Å². The Morgan fingerprint density at radius 3 is 1.06 bits per heavy atom. The number of carbonyl (C=O) groups is 2. The van der Waals surface area contributed by atoms with Gasteiger partial charge in [0.15, 0.2) is 0 Å². The summed E-state index contributed by atoms with van der Waals surface area (Å²) in [4.78, 5) is 19.7. The van der Waals surface area contributed by atoms with Gasteiger partial charge in [-0.25, -0.2) is 0 Å². The Hall–Kier alpha value is 0.392. The van der Waals surface area contributed by atoms with Gasteiger partial charge in [-0.05, 0) is 6.42 Å². The molecule has 0 aromatic carbocycles. The zero-order valence-corrected chi connectivity index (χ0v) is 13.4. The van der Waals surface area contributed by atoms with Crippen LogP contribution in [-0.4, -0.2) is 71.3 Å². The molecule has 0 saturated heterocycles. The van der Waals surface area contributed by atoms with Crippen molar-refractivity contribution in [2.75, 3.05) is 13.2 Å². The molecule has 0 aliphatic rings. The summed E-state index contributed by atoms with van der Waals surface area (Å²) in [6, 6.07) is 0. The van der Waals surface area contributed by atoms with Crippen molar-refractivity contribution in [2.24, 2.45) is 5.92 Å². The third kappa shape index (κ3) is 31.4. The van der Waals surface area contributed by atoms with Gasteiger partial charge in [0.25, 0.3) is 0 Å². The normalized spacial score (nSPS) is 7.18. The molecule has 0 radical (unpaired) electrons. The second-order valence-electron chi connectivity index (χ2n) is 2.18. The zero-order valence-electron chi connectivity index (χ0n) is 10.6. The molecule has 6 nitrogen and oxygen atoms in total. The SMILES string of the molecule is CCC(C(=O)[O-])C(=O)[O-].CC[O-].CC[O-].[Mg+2].[Mg+2]. The molecule has 0 spiro atoms. The maximum absolute atomic E-state index is 9.84. The molecule has 0 aliphatic heterocycles. The van der Waals surface area contributed by atoms with Crippen molar-refractivity contribution < 1.29 is 30.0 Å². The fourth-order valence-electron chi connectivity index (χ4n) is 0.430. The topological polar surface area (TPSA) is 126 Å². The van der Waals surface area contributed by atoms with Crippen LogP contribution < -0.4 is 20.4 Å². The standard InChI is InChI=1S/C5H8O4.2C2H5O.2Mg/c1-2-3(4(6)7)5(8)9;2*1-2-3;;/h3H,2H2,1H3,(H,6,7)(H,8,9);2*2H2,1H3;;/q;2*-1;2*+2/p-2. The second-order valence-corrected chi connectivity index (χ2v) is 2.18. The van der Waals surface area contributed by atoms with E-state index in [0.717, 1.165) is 0 Å². The van der Waals surface area contributed by atoms with Gasteiger partial charge in [-0.15, -0.1) is 13.2 Å². The van der Waals surface area contributed by atoms with E-state index in [1.165, 1.54) is 6.92 Å². The summed E-state index contributed by atoms with van der Waals surface area (Å²) >= 11 is 0. The predicted octanol–water partition coefficient (Wildman–Crippen LogP) is -4.52.